The number of anilines is 4. The van der Waals surface area contributed by atoms with Crippen LogP contribution in [-0.4, -0.2) is 4.57 Å². The predicted octanol–water partition coefficient (Wildman–Crippen LogP) is 13.3. The Morgan fingerprint density at radius 2 is 1.20 bits per heavy atom. The zero-order chi connectivity index (χ0) is 35.6. The number of nitrogens with zero attached hydrogens (tertiary/aromatic N) is 2. The van der Waals surface area contributed by atoms with E-state index in [0.717, 1.165) is 83.8 Å². The molecule has 1 unspecified atom stereocenters. The average molecular weight is 696 g/mol. The lowest BCUT2D eigenvalue weighted by Gasteiger charge is -2.30. The second kappa shape index (κ2) is 12.2. The minimum absolute atomic E-state index is 0.368. The second-order valence-electron chi connectivity index (χ2n) is 13.7. The third-order valence-electron chi connectivity index (χ3n) is 10.6. The fourth-order valence-electron chi connectivity index (χ4n) is 8.23. The highest BCUT2D eigenvalue weighted by atomic mass is 16.5. The van der Waals surface area contributed by atoms with Crippen LogP contribution in [0.4, 0.5) is 22.7 Å². The third kappa shape index (κ3) is 4.72. The van der Waals surface area contributed by atoms with Crippen molar-refractivity contribution in [3.8, 4) is 22.6 Å². The molecule has 2 aromatic heterocycles. The van der Waals surface area contributed by atoms with Crippen LogP contribution in [0.15, 0.2) is 192 Å². The van der Waals surface area contributed by atoms with Crippen molar-refractivity contribution in [3.63, 3.8) is 0 Å². The Hall–Kier alpha value is -7.24. The number of fused-ring (bicyclic) bond motifs is 7. The van der Waals surface area contributed by atoms with Gasteiger partial charge in [-0.3, -0.25) is 0 Å². The Kier molecular flexibility index (Phi) is 6.85. The second-order valence-corrected chi connectivity index (χ2v) is 13.7. The van der Waals surface area contributed by atoms with Gasteiger partial charge in [0.15, 0.2) is 12.0 Å². The quantitative estimate of drug-likeness (QED) is 0.188. The summed E-state index contributed by atoms with van der Waals surface area (Å²) in [5.74, 6) is 0.773. The van der Waals surface area contributed by atoms with E-state index in [1.165, 1.54) is 10.8 Å². The predicted molar refractivity (Wildman–Crippen MR) is 222 cm³/mol. The lowest BCUT2D eigenvalue weighted by atomic mass is 10.00. The van der Waals surface area contributed by atoms with Crippen LogP contribution < -0.4 is 15.0 Å². The summed E-state index contributed by atoms with van der Waals surface area (Å²) in [5.41, 5.74) is 12.1. The van der Waals surface area contributed by atoms with Crippen LogP contribution in [0.3, 0.4) is 0 Å². The van der Waals surface area contributed by atoms with Crippen molar-refractivity contribution in [1.29, 1.82) is 0 Å². The zero-order valence-corrected chi connectivity index (χ0v) is 29.2. The molecule has 8 aromatic carbocycles. The monoisotopic (exact) mass is 695 g/mol. The largest absolute Gasteiger partial charge is 0.462 e. The van der Waals surface area contributed by atoms with E-state index in [2.05, 4.69) is 173 Å². The lowest BCUT2D eigenvalue weighted by Crippen LogP contribution is -2.13. The SMILES string of the molecule is c1ccc(-c2ccccc2N(c2ccc3c4ccccc4n(-c4ccccc4)c3c2)c2c3c(cc4oc5ccccc5c24)NC(c2ccccc2)O3)cc1. The van der Waals surface area contributed by atoms with E-state index < -0.39 is 0 Å². The Bertz CT molecular complexity index is 3000. The number of rotatable bonds is 6. The van der Waals surface area contributed by atoms with Crippen LogP contribution in [0.5, 0.6) is 5.75 Å². The molecular weight excluding hydrogens is 663 g/mol. The maximum absolute atomic E-state index is 7.05. The van der Waals surface area contributed by atoms with Crippen LogP contribution >= 0.6 is 0 Å². The van der Waals surface area contributed by atoms with Gasteiger partial charge in [-0.05, 0) is 48.0 Å². The normalized spacial score (nSPS) is 13.7. The number of benzene rings is 8. The maximum atomic E-state index is 7.05. The number of furan rings is 1. The molecule has 5 nitrogen and oxygen atoms in total. The number of ether oxygens (including phenoxy) is 1. The molecule has 0 fully saturated rings. The van der Waals surface area contributed by atoms with Crippen LogP contribution in [-0.2, 0) is 0 Å². The first-order valence-electron chi connectivity index (χ1n) is 18.3. The lowest BCUT2D eigenvalue weighted by molar-refractivity contribution is 0.261. The van der Waals surface area contributed by atoms with Crippen molar-refractivity contribution < 1.29 is 9.15 Å². The highest BCUT2D eigenvalue weighted by Crippen LogP contribution is 2.56. The molecule has 11 rings (SSSR count). The molecule has 3 heterocycles. The molecule has 0 aliphatic carbocycles. The summed E-state index contributed by atoms with van der Waals surface area (Å²) in [7, 11) is 0. The molecule has 1 aliphatic heterocycles. The van der Waals surface area contributed by atoms with Crippen molar-refractivity contribution in [3.05, 3.63) is 194 Å². The molecular formula is C49H33N3O2. The zero-order valence-electron chi connectivity index (χ0n) is 29.2. The Morgan fingerprint density at radius 3 is 2.04 bits per heavy atom. The fraction of sp³-hybridized carbons (Fsp3) is 0.0204. The van der Waals surface area contributed by atoms with Crippen LogP contribution in [0.2, 0.25) is 0 Å². The third-order valence-corrected chi connectivity index (χ3v) is 10.6. The van der Waals surface area contributed by atoms with Crippen molar-refractivity contribution in [2.45, 2.75) is 6.23 Å². The Balaban J connectivity index is 1.25. The molecule has 0 bridgehead atoms. The van der Waals surface area contributed by atoms with Gasteiger partial charge in [-0.25, -0.2) is 0 Å². The summed E-state index contributed by atoms with van der Waals surface area (Å²) in [6, 6.07) is 66.1. The first-order chi connectivity index (χ1) is 26.8. The maximum Gasteiger partial charge on any atom is 0.196 e. The number of aromatic nitrogens is 1. The topological polar surface area (TPSA) is 42.6 Å². The van der Waals surface area contributed by atoms with Gasteiger partial charge in [-0.15, -0.1) is 0 Å². The minimum Gasteiger partial charge on any atom is -0.462 e. The summed E-state index contributed by atoms with van der Waals surface area (Å²) in [6.07, 6.45) is -0.368. The first-order valence-corrected chi connectivity index (χ1v) is 18.3. The summed E-state index contributed by atoms with van der Waals surface area (Å²) >= 11 is 0. The minimum atomic E-state index is -0.368. The van der Waals surface area contributed by atoms with Crippen LogP contribution in [0.1, 0.15) is 11.8 Å². The van der Waals surface area contributed by atoms with E-state index in [1.54, 1.807) is 0 Å². The van der Waals surface area contributed by atoms with Gasteiger partial charge < -0.3 is 23.9 Å². The summed E-state index contributed by atoms with van der Waals surface area (Å²) < 4.78 is 16.1. The smallest absolute Gasteiger partial charge is 0.196 e. The summed E-state index contributed by atoms with van der Waals surface area (Å²) in [6.45, 7) is 0. The van der Waals surface area contributed by atoms with Crippen molar-refractivity contribution in [2.24, 2.45) is 0 Å². The fourth-order valence-corrected chi connectivity index (χ4v) is 8.23. The van der Waals surface area contributed by atoms with Gasteiger partial charge in [0.1, 0.15) is 16.9 Å². The molecule has 0 saturated carbocycles. The van der Waals surface area contributed by atoms with Crippen LogP contribution in [0, 0.1) is 0 Å². The van der Waals surface area contributed by atoms with E-state index in [9.17, 15) is 0 Å². The van der Waals surface area contributed by atoms with Gasteiger partial charge in [0.2, 0.25) is 0 Å². The van der Waals surface area contributed by atoms with E-state index in [0.29, 0.717) is 0 Å². The highest BCUT2D eigenvalue weighted by Gasteiger charge is 2.34. The molecule has 1 aliphatic rings. The molecule has 1 atom stereocenters. The Labute approximate surface area is 311 Å². The molecule has 0 amide bonds. The molecule has 0 spiro atoms. The summed E-state index contributed by atoms with van der Waals surface area (Å²) in [4.78, 5) is 2.38. The van der Waals surface area contributed by atoms with Gasteiger partial charge in [0.05, 0.1) is 27.8 Å². The van der Waals surface area contributed by atoms with E-state index in [4.69, 9.17) is 9.15 Å². The standard InChI is InChI=1S/C49H33N3O2/c1-4-16-32(17-5-1)36-22-10-13-25-41(36)52(35-28-29-38-37-23-11-14-26-42(37)51(43(38)30-35)34-20-8-3-9-21-34)47-46-39-24-12-15-27-44(39)53-45(46)31-40-48(47)54-49(50-40)33-18-6-2-7-19-33/h1-31,49-50H. The molecule has 5 heteroatoms. The molecule has 54 heavy (non-hydrogen) atoms. The molecule has 0 saturated heterocycles. The van der Waals surface area contributed by atoms with Gasteiger partial charge in [0.25, 0.3) is 0 Å². The van der Waals surface area contributed by atoms with E-state index in [-0.39, 0.29) is 6.23 Å². The van der Waals surface area contributed by atoms with Crippen molar-refractivity contribution in [2.75, 3.05) is 10.2 Å². The van der Waals surface area contributed by atoms with Gasteiger partial charge in [-0.1, -0.05) is 140 Å². The first kappa shape index (κ1) is 30.4. The number of hydrogen-bond acceptors (Lipinski definition) is 4. The molecule has 10 aromatic rings. The van der Waals surface area contributed by atoms with E-state index >= 15 is 0 Å². The van der Waals surface area contributed by atoms with Crippen molar-refractivity contribution >= 4 is 66.5 Å². The molecule has 1 N–H and O–H groups in total. The Morgan fingerprint density at radius 1 is 0.537 bits per heavy atom. The highest BCUT2D eigenvalue weighted by molar-refractivity contribution is 6.18. The van der Waals surface area contributed by atoms with Crippen molar-refractivity contribution in [1.82, 2.24) is 4.57 Å². The number of nitrogens with one attached hydrogen (secondary N) is 1. The molecule has 0 radical (unpaired) electrons. The van der Waals surface area contributed by atoms with Gasteiger partial charge in [0, 0.05) is 44.7 Å². The van der Waals surface area contributed by atoms with Gasteiger partial charge >= 0.3 is 0 Å². The van der Waals surface area contributed by atoms with Gasteiger partial charge in [-0.2, -0.15) is 0 Å². The molecule has 256 valence electrons. The summed E-state index contributed by atoms with van der Waals surface area (Å²) in [5, 5.41) is 8.11. The number of para-hydroxylation sites is 4. The average Bonchev–Trinajstić information content (AvgIpc) is 3.93. The number of hydrogen-bond donors (Lipinski definition) is 1. The van der Waals surface area contributed by atoms with E-state index in [1.807, 2.05) is 30.3 Å². The van der Waals surface area contributed by atoms with Crippen LogP contribution in [0.25, 0.3) is 60.6 Å².